The lowest BCUT2D eigenvalue weighted by Crippen LogP contribution is -2.50. The number of hydrogen-bond donors (Lipinski definition) is 2. The second-order valence-electron chi connectivity index (χ2n) is 10.5. The highest BCUT2D eigenvalue weighted by Crippen LogP contribution is 2.44. The van der Waals surface area contributed by atoms with Crippen molar-refractivity contribution in [2.75, 3.05) is 11.9 Å². The van der Waals surface area contributed by atoms with E-state index in [1.54, 1.807) is 4.52 Å². The largest absolute Gasteiger partial charge is 0.354 e. The van der Waals surface area contributed by atoms with Crippen molar-refractivity contribution >= 4 is 22.9 Å². The third-order valence-electron chi connectivity index (χ3n) is 7.40. The number of hydrogen-bond acceptors (Lipinski definition) is 5. The molecule has 1 amide bonds. The van der Waals surface area contributed by atoms with Crippen LogP contribution in [0.25, 0.3) is 11.1 Å². The lowest BCUT2D eigenvalue weighted by Gasteiger charge is -2.35. The molecule has 3 aromatic rings. The number of fused-ring (bicyclic) bond motifs is 2. The first-order valence-corrected chi connectivity index (χ1v) is 12.3. The van der Waals surface area contributed by atoms with Crippen LogP contribution in [0.5, 0.6) is 0 Å². The van der Waals surface area contributed by atoms with E-state index in [1.807, 2.05) is 24.5 Å². The van der Waals surface area contributed by atoms with E-state index in [0.29, 0.717) is 22.4 Å². The summed E-state index contributed by atoms with van der Waals surface area (Å²) < 4.78 is 28.0. The summed E-state index contributed by atoms with van der Waals surface area (Å²) in [5, 5.41) is 10.4. The minimum absolute atomic E-state index is 0.317. The molecule has 0 radical (unpaired) electrons. The van der Waals surface area contributed by atoms with Crippen LogP contribution in [0.4, 0.5) is 14.7 Å². The van der Waals surface area contributed by atoms with Gasteiger partial charge in [-0.15, -0.1) is 0 Å². The van der Waals surface area contributed by atoms with Crippen molar-refractivity contribution in [1.82, 2.24) is 24.9 Å². The van der Waals surface area contributed by atoms with Crippen LogP contribution in [0.1, 0.15) is 72.6 Å². The smallest absolute Gasteiger partial charge is 0.255 e. The zero-order valence-corrected chi connectivity index (χ0v) is 19.7. The zero-order chi connectivity index (χ0) is 24.2. The number of amides is 1. The first kappa shape index (κ1) is 22.1. The highest BCUT2D eigenvalue weighted by Gasteiger charge is 2.46. The van der Waals surface area contributed by atoms with Crippen molar-refractivity contribution in [3.05, 3.63) is 59.2 Å². The van der Waals surface area contributed by atoms with Crippen LogP contribution in [0.2, 0.25) is 0 Å². The van der Waals surface area contributed by atoms with Crippen molar-refractivity contribution in [2.24, 2.45) is 5.41 Å². The Morgan fingerprint density at radius 1 is 1.26 bits per heavy atom. The number of anilines is 1. The van der Waals surface area contributed by atoms with E-state index < -0.39 is 12.0 Å². The Bertz CT molecular complexity index is 1330. The zero-order valence-electron chi connectivity index (χ0n) is 19.7. The van der Waals surface area contributed by atoms with E-state index in [4.69, 9.17) is 4.98 Å². The van der Waals surface area contributed by atoms with E-state index in [9.17, 15) is 13.6 Å². The van der Waals surface area contributed by atoms with Gasteiger partial charge in [-0.2, -0.15) is 5.10 Å². The molecule has 0 saturated heterocycles. The molecule has 9 heteroatoms. The molecule has 0 bridgehead atoms. The highest BCUT2D eigenvalue weighted by molar-refractivity contribution is 6.01. The molecule has 0 aliphatic heterocycles. The fraction of sp³-hybridized carbons (Fsp3) is 0.462. The van der Waals surface area contributed by atoms with Crippen molar-refractivity contribution in [3.63, 3.8) is 0 Å². The Hall–Kier alpha value is -3.36. The molecule has 6 rings (SSSR count). The first-order chi connectivity index (χ1) is 16.8. The maximum absolute atomic E-state index is 13.2. The summed E-state index contributed by atoms with van der Waals surface area (Å²) in [5.41, 5.74) is 5.37. The van der Waals surface area contributed by atoms with Gasteiger partial charge >= 0.3 is 0 Å². The van der Waals surface area contributed by atoms with Gasteiger partial charge in [-0.25, -0.2) is 23.3 Å². The maximum Gasteiger partial charge on any atom is 0.255 e. The number of rotatable bonds is 6. The summed E-state index contributed by atoms with van der Waals surface area (Å²) in [6.45, 7) is 3.16. The molecule has 2 N–H and O–H groups in total. The van der Waals surface area contributed by atoms with Gasteiger partial charge in [0.15, 0.2) is 0 Å². The van der Waals surface area contributed by atoms with Gasteiger partial charge in [0, 0.05) is 43.4 Å². The molecule has 3 heterocycles. The van der Waals surface area contributed by atoms with Gasteiger partial charge in [0.1, 0.15) is 0 Å². The number of nitrogens with zero attached hydrogens (tertiary/aromatic N) is 4. The Morgan fingerprint density at radius 2 is 2.09 bits per heavy atom. The molecule has 7 nitrogen and oxygen atoms in total. The fourth-order valence-electron chi connectivity index (χ4n) is 4.85. The summed E-state index contributed by atoms with van der Waals surface area (Å²) >= 11 is 0. The lowest BCUT2D eigenvalue weighted by atomic mass is 9.88. The van der Waals surface area contributed by atoms with Crippen LogP contribution in [-0.2, 0) is 6.42 Å². The van der Waals surface area contributed by atoms with Crippen molar-refractivity contribution < 1.29 is 13.6 Å². The monoisotopic (exact) mass is 478 g/mol. The predicted octanol–water partition coefficient (Wildman–Crippen LogP) is 4.63. The Morgan fingerprint density at radius 3 is 2.86 bits per heavy atom. The molecule has 182 valence electrons. The topological polar surface area (TPSA) is 84.2 Å². The molecule has 0 aromatic carbocycles. The molecule has 0 atom stereocenters. The molecule has 35 heavy (non-hydrogen) atoms. The van der Waals surface area contributed by atoms with Gasteiger partial charge in [0.25, 0.3) is 11.8 Å². The minimum atomic E-state index is -2.68. The van der Waals surface area contributed by atoms with E-state index >= 15 is 0 Å². The number of halogens is 2. The van der Waals surface area contributed by atoms with Crippen LogP contribution in [0.3, 0.4) is 0 Å². The highest BCUT2D eigenvalue weighted by atomic mass is 19.3. The lowest BCUT2D eigenvalue weighted by molar-refractivity contribution is -0.0901. The van der Waals surface area contributed by atoms with Gasteiger partial charge < -0.3 is 10.6 Å². The predicted molar refractivity (Wildman–Crippen MR) is 129 cm³/mol. The number of aryl methyl sites for hydroxylation is 1. The van der Waals surface area contributed by atoms with E-state index in [1.165, 1.54) is 19.0 Å². The van der Waals surface area contributed by atoms with E-state index in [-0.39, 0.29) is 18.7 Å². The average Bonchev–Trinajstić information content (AvgIpc) is 3.46. The molecule has 0 spiro atoms. The summed E-state index contributed by atoms with van der Waals surface area (Å²) in [5.74, 6) is -2.39. The van der Waals surface area contributed by atoms with Crippen LogP contribution in [0.15, 0.2) is 36.8 Å². The van der Waals surface area contributed by atoms with E-state index in [0.717, 1.165) is 48.2 Å². The first-order valence-electron chi connectivity index (χ1n) is 12.3. The normalized spacial score (nSPS) is 20.4. The summed E-state index contributed by atoms with van der Waals surface area (Å²) in [4.78, 5) is 22.2. The third kappa shape index (κ3) is 4.39. The van der Waals surface area contributed by atoms with E-state index in [2.05, 4.69) is 33.7 Å². The summed E-state index contributed by atoms with van der Waals surface area (Å²) in [6.07, 6.45) is 12.0. The Kier molecular flexibility index (Phi) is 5.12. The van der Waals surface area contributed by atoms with Crippen molar-refractivity contribution in [3.8, 4) is 0 Å². The Balaban J connectivity index is 1.27. The molecule has 3 aromatic heterocycles. The Labute approximate surface area is 202 Å². The minimum Gasteiger partial charge on any atom is -0.354 e. The van der Waals surface area contributed by atoms with Crippen molar-refractivity contribution in [2.45, 2.75) is 63.8 Å². The van der Waals surface area contributed by atoms with Gasteiger partial charge in [-0.3, -0.25) is 4.79 Å². The number of allylic oxidation sites excluding steroid dienone is 1. The quantitative estimate of drug-likeness (QED) is 0.540. The van der Waals surface area contributed by atoms with Crippen LogP contribution < -0.4 is 10.6 Å². The second kappa shape index (κ2) is 8.10. The number of alkyl halides is 2. The molecular weight excluding hydrogens is 450 g/mol. The number of carbonyl (C=O) groups excluding carboxylic acids is 1. The third-order valence-corrected chi connectivity index (χ3v) is 7.40. The summed E-state index contributed by atoms with van der Waals surface area (Å²) in [7, 11) is 0. The fourth-order valence-corrected chi connectivity index (χ4v) is 4.85. The van der Waals surface area contributed by atoms with Gasteiger partial charge in [-0.05, 0) is 60.8 Å². The molecule has 2 saturated carbocycles. The average molecular weight is 479 g/mol. The molecule has 2 fully saturated rings. The van der Waals surface area contributed by atoms with Crippen LogP contribution in [-0.4, -0.2) is 44.0 Å². The van der Waals surface area contributed by atoms with Gasteiger partial charge in [0.2, 0.25) is 5.95 Å². The van der Waals surface area contributed by atoms with Crippen LogP contribution in [0, 0.1) is 5.41 Å². The molecule has 0 unspecified atom stereocenters. The number of carbonyl (C=O) groups is 1. The second-order valence-corrected chi connectivity index (χ2v) is 10.5. The summed E-state index contributed by atoms with van der Waals surface area (Å²) in [6, 6.07) is 3.39. The molecule has 3 aliphatic carbocycles. The molecule has 3 aliphatic rings. The maximum atomic E-state index is 13.2. The number of aromatic nitrogens is 4. The number of nitrogens with one attached hydrogen (secondary N) is 2. The SMILES string of the molecule is CC1(CNc2ncc3c(n2)CCCC=C3c2ccn3ncc(C(=O)NC4CC(F)(F)C4)c3c2)CC1. The molecular formula is C26H28F2N6O. The standard InChI is InChI=1S/C26H28F2N6O/c1-25(7-8-25)15-30-24-29-13-19-18(4-2-3-5-21(19)33-24)16-6-9-34-22(10-16)20(14-31-34)23(35)32-17-11-26(27,28)12-17/h4,6,9-10,13-14,17H,2-3,5,7-8,11-12,15H2,1H3,(H,32,35)(H,29,30,33). The van der Waals surface area contributed by atoms with Gasteiger partial charge in [-0.1, -0.05) is 13.0 Å². The van der Waals surface area contributed by atoms with Crippen LogP contribution >= 0.6 is 0 Å². The van der Waals surface area contributed by atoms with Crippen molar-refractivity contribution in [1.29, 1.82) is 0 Å². The van der Waals surface area contributed by atoms with Gasteiger partial charge in [0.05, 0.1) is 23.0 Å². The number of pyridine rings is 1.